The first-order valence-corrected chi connectivity index (χ1v) is 10.2. The Balaban J connectivity index is 1.82. The van der Waals surface area contributed by atoms with Crippen LogP contribution in [0, 0.1) is 0 Å². The van der Waals surface area contributed by atoms with Crippen molar-refractivity contribution >= 4 is 11.8 Å². The van der Waals surface area contributed by atoms with Crippen LogP contribution in [0.25, 0.3) is 0 Å². The molecule has 2 heteroatoms. The van der Waals surface area contributed by atoms with Crippen LogP contribution in [-0.4, -0.2) is 23.6 Å². The average Bonchev–Trinajstić information content (AvgIpc) is 2.53. The van der Waals surface area contributed by atoms with Gasteiger partial charge in [0, 0.05) is 16.5 Å². The highest BCUT2D eigenvalue weighted by Gasteiger charge is 2.21. The zero-order valence-corrected chi connectivity index (χ0v) is 14.4. The minimum Gasteiger partial charge on any atom is -0.317 e. The lowest BCUT2D eigenvalue weighted by molar-refractivity contribution is 0.467. The third-order valence-corrected chi connectivity index (χ3v) is 6.89. The van der Waals surface area contributed by atoms with Crippen molar-refractivity contribution in [2.24, 2.45) is 0 Å². The molecule has 0 spiro atoms. The molecule has 2 saturated carbocycles. The Morgan fingerprint density at radius 2 is 1.15 bits per heavy atom. The Kier molecular flexibility index (Phi) is 8.43. The summed E-state index contributed by atoms with van der Waals surface area (Å²) < 4.78 is 0. The Labute approximate surface area is 131 Å². The molecule has 2 rings (SSSR count). The fourth-order valence-corrected chi connectivity index (χ4v) is 5.68. The van der Waals surface area contributed by atoms with Gasteiger partial charge in [-0.1, -0.05) is 57.8 Å². The van der Waals surface area contributed by atoms with Gasteiger partial charge in [-0.15, -0.1) is 0 Å². The van der Waals surface area contributed by atoms with Gasteiger partial charge in [-0.05, 0) is 39.2 Å². The van der Waals surface area contributed by atoms with E-state index in [0.29, 0.717) is 0 Å². The van der Waals surface area contributed by atoms with Crippen LogP contribution in [0.4, 0.5) is 0 Å². The number of hydrogen-bond acceptors (Lipinski definition) is 2. The largest absolute Gasteiger partial charge is 0.317 e. The standard InChI is InChI=1S/C18H35NS/c1-19-16-11-7-5-6-10-14-18(15-16)20-17-12-8-3-2-4-9-13-17/h16-19H,2-15H2,1H3. The van der Waals surface area contributed by atoms with E-state index in [1.807, 2.05) is 0 Å². The summed E-state index contributed by atoms with van der Waals surface area (Å²) in [6.07, 6.45) is 20.5. The van der Waals surface area contributed by atoms with Crippen molar-refractivity contribution in [2.75, 3.05) is 7.05 Å². The van der Waals surface area contributed by atoms with E-state index in [1.165, 1.54) is 89.9 Å². The molecular formula is C18H35NS. The number of hydrogen-bond donors (Lipinski definition) is 1. The molecule has 0 aliphatic heterocycles. The van der Waals surface area contributed by atoms with Gasteiger partial charge in [0.05, 0.1) is 0 Å². The third-order valence-electron chi connectivity index (χ3n) is 5.22. The maximum Gasteiger partial charge on any atom is 0.00746 e. The molecule has 0 bridgehead atoms. The molecule has 1 nitrogen and oxygen atoms in total. The van der Waals surface area contributed by atoms with Crippen molar-refractivity contribution in [3.8, 4) is 0 Å². The molecule has 2 fully saturated rings. The highest BCUT2D eigenvalue weighted by molar-refractivity contribution is 8.00. The van der Waals surface area contributed by atoms with E-state index in [4.69, 9.17) is 0 Å². The fourth-order valence-electron chi connectivity index (χ4n) is 3.88. The summed E-state index contributed by atoms with van der Waals surface area (Å²) in [6.45, 7) is 0. The SMILES string of the molecule is CNC1CCCCCCC(SC2CCCCCCC2)C1. The quantitative estimate of drug-likeness (QED) is 0.734. The van der Waals surface area contributed by atoms with Gasteiger partial charge in [-0.25, -0.2) is 0 Å². The lowest BCUT2D eigenvalue weighted by Crippen LogP contribution is -2.29. The van der Waals surface area contributed by atoms with Crippen LogP contribution >= 0.6 is 11.8 Å². The maximum atomic E-state index is 3.58. The van der Waals surface area contributed by atoms with Gasteiger partial charge in [0.2, 0.25) is 0 Å². The first kappa shape index (κ1) is 16.7. The molecule has 0 amide bonds. The predicted octanol–water partition coefficient (Wildman–Crippen LogP) is 5.53. The first-order chi connectivity index (χ1) is 9.88. The van der Waals surface area contributed by atoms with Crippen molar-refractivity contribution in [3.05, 3.63) is 0 Å². The highest BCUT2D eigenvalue weighted by Crippen LogP contribution is 2.34. The number of rotatable bonds is 3. The van der Waals surface area contributed by atoms with Gasteiger partial charge in [0.15, 0.2) is 0 Å². The summed E-state index contributed by atoms with van der Waals surface area (Å²) in [6, 6.07) is 0.777. The van der Waals surface area contributed by atoms with E-state index in [-0.39, 0.29) is 0 Å². The van der Waals surface area contributed by atoms with E-state index < -0.39 is 0 Å². The predicted molar refractivity (Wildman–Crippen MR) is 92.7 cm³/mol. The summed E-state index contributed by atoms with van der Waals surface area (Å²) in [5, 5.41) is 5.47. The number of thioether (sulfide) groups is 1. The van der Waals surface area contributed by atoms with Gasteiger partial charge in [0.1, 0.15) is 0 Å². The molecule has 0 radical (unpaired) electrons. The molecule has 0 aromatic rings. The molecule has 2 atom stereocenters. The molecule has 2 aliphatic carbocycles. The molecule has 2 unspecified atom stereocenters. The summed E-state index contributed by atoms with van der Waals surface area (Å²) >= 11 is 2.38. The Hall–Kier alpha value is 0.310. The minimum atomic E-state index is 0.777. The van der Waals surface area contributed by atoms with Crippen LogP contribution < -0.4 is 5.32 Å². The molecule has 0 saturated heterocycles. The monoisotopic (exact) mass is 297 g/mol. The lowest BCUT2D eigenvalue weighted by Gasteiger charge is -2.27. The van der Waals surface area contributed by atoms with E-state index in [2.05, 4.69) is 24.1 Å². The van der Waals surface area contributed by atoms with Crippen LogP contribution in [0.2, 0.25) is 0 Å². The van der Waals surface area contributed by atoms with Crippen molar-refractivity contribution in [1.82, 2.24) is 5.32 Å². The van der Waals surface area contributed by atoms with Crippen molar-refractivity contribution in [3.63, 3.8) is 0 Å². The Morgan fingerprint density at radius 3 is 1.75 bits per heavy atom. The van der Waals surface area contributed by atoms with Crippen LogP contribution in [0.15, 0.2) is 0 Å². The Morgan fingerprint density at radius 1 is 0.650 bits per heavy atom. The molecule has 0 aromatic heterocycles. The van der Waals surface area contributed by atoms with E-state index in [1.54, 1.807) is 0 Å². The topological polar surface area (TPSA) is 12.0 Å². The molecule has 0 heterocycles. The third kappa shape index (κ3) is 6.39. The normalized spacial score (nSPS) is 31.6. The second-order valence-corrected chi connectivity index (χ2v) is 8.54. The van der Waals surface area contributed by atoms with E-state index >= 15 is 0 Å². The Bertz CT molecular complexity index is 236. The van der Waals surface area contributed by atoms with Crippen molar-refractivity contribution in [2.45, 2.75) is 106 Å². The fraction of sp³-hybridized carbons (Fsp3) is 1.00. The minimum absolute atomic E-state index is 0.777. The summed E-state index contributed by atoms with van der Waals surface area (Å²) in [7, 11) is 2.17. The summed E-state index contributed by atoms with van der Waals surface area (Å²) in [5.74, 6) is 0. The number of nitrogens with one attached hydrogen (secondary N) is 1. The summed E-state index contributed by atoms with van der Waals surface area (Å²) in [4.78, 5) is 0. The molecular weight excluding hydrogens is 262 g/mol. The van der Waals surface area contributed by atoms with Gasteiger partial charge < -0.3 is 5.32 Å². The molecule has 118 valence electrons. The van der Waals surface area contributed by atoms with Crippen LogP contribution in [0.5, 0.6) is 0 Å². The second kappa shape index (κ2) is 10.1. The lowest BCUT2D eigenvalue weighted by atomic mass is 10.0. The molecule has 20 heavy (non-hydrogen) atoms. The van der Waals surface area contributed by atoms with Gasteiger partial charge >= 0.3 is 0 Å². The highest BCUT2D eigenvalue weighted by atomic mass is 32.2. The molecule has 1 N–H and O–H groups in total. The molecule has 0 aromatic carbocycles. The summed E-state index contributed by atoms with van der Waals surface area (Å²) in [5.41, 5.74) is 0. The van der Waals surface area contributed by atoms with Crippen LogP contribution in [0.3, 0.4) is 0 Å². The maximum absolute atomic E-state index is 3.58. The average molecular weight is 298 g/mol. The first-order valence-electron chi connectivity index (χ1n) is 9.21. The second-order valence-electron chi connectivity index (χ2n) is 6.94. The smallest absolute Gasteiger partial charge is 0.00746 e. The van der Waals surface area contributed by atoms with Gasteiger partial charge in [-0.2, -0.15) is 11.8 Å². The zero-order valence-electron chi connectivity index (χ0n) is 13.5. The van der Waals surface area contributed by atoms with Gasteiger partial charge in [-0.3, -0.25) is 0 Å². The van der Waals surface area contributed by atoms with Crippen LogP contribution in [0.1, 0.15) is 89.9 Å². The molecule has 2 aliphatic rings. The van der Waals surface area contributed by atoms with Crippen molar-refractivity contribution in [1.29, 1.82) is 0 Å². The zero-order chi connectivity index (χ0) is 14.0. The van der Waals surface area contributed by atoms with Crippen LogP contribution in [-0.2, 0) is 0 Å². The van der Waals surface area contributed by atoms with Crippen molar-refractivity contribution < 1.29 is 0 Å². The van der Waals surface area contributed by atoms with E-state index in [9.17, 15) is 0 Å². The van der Waals surface area contributed by atoms with E-state index in [0.717, 1.165) is 16.5 Å². The van der Waals surface area contributed by atoms with Gasteiger partial charge in [0.25, 0.3) is 0 Å².